The van der Waals surface area contributed by atoms with Crippen molar-refractivity contribution in [2.45, 2.75) is 51.1 Å². The van der Waals surface area contributed by atoms with Crippen LogP contribution < -0.4 is 15.8 Å². The Kier molecular flexibility index (Phi) is 4.88. The molecular formula is C17H26N2O2. The van der Waals surface area contributed by atoms with Crippen LogP contribution in [0, 0.1) is 5.92 Å². The van der Waals surface area contributed by atoms with E-state index in [0.717, 1.165) is 37.0 Å². The van der Waals surface area contributed by atoms with E-state index in [0.29, 0.717) is 0 Å². The Bertz CT molecular complexity index is 482. The third-order valence-corrected chi connectivity index (χ3v) is 4.55. The Balaban J connectivity index is 2.00. The monoisotopic (exact) mass is 290 g/mol. The van der Waals surface area contributed by atoms with Gasteiger partial charge in [0.2, 0.25) is 5.91 Å². The minimum Gasteiger partial charge on any atom is -0.497 e. The number of hydrogen-bond donors (Lipinski definition) is 2. The number of amides is 1. The lowest BCUT2D eigenvalue weighted by molar-refractivity contribution is -0.128. The maximum Gasteiger partial charge on any atom is 0.225 e. The number of carbonyl (C=O) groups excluding carboxylic acids is 1. The maximum absolute atomic E-state index is 12.5. The van der Waals surface area contributed by atoms with Crippen LogP contribution in [0.1, 0.15) is 51.1 Å². The molecule has 1 amide bonds. The quantitative estimate of drug-likeness (QED) is 0.896. The van der Waals surface area contributed by atoms with Gasteiger partial charge < -0.3 is 15.8 Å². The first-order valence-corrected chi connectivity index (χ1v) is 7.67. The average molecular weight is 290 g/mol. The summed E-state index contributed by atoms with van der Waals surface area (Å²) in [5.74, 6) is 0.800. The van der Waals surface area contributed by atoms with Crippen LogP contribution in [0.2, 0.25) is 0 Å². The first kappa shape index (κ1) is 15.8. The fourth-order valence-corrected chi connectivity index (χ4v) is 3.08. The van der Waals surface area contributed by atoms with Crippen molar-refractivity contribution in [3.8, 4) is 5.75 Å². The molecule has 3 atom stereocenters. The van der Waals surface area contributed by atoms with Crippen molar-refractivity contribution in [1.82, 2.24) is 5.32 Å². The highest BCUT2D eigenvalue weighted by Crippen LogP contribution is 2.32. The Labute approximate surface area is 127 Å². The van der Waals surface area contributed by atoms with Crippen molar-refractivity contribution in [2.24, 2.45) is 11.7 Å². The van der Waals surface area contributed by atoms with E-state index in [1.165, 1.54) is 0 Å². The molecule has 0 heterocycles. The first-order chi connectivity index (χ1) is 9.94. The van der Waals surface area contributed by atoms with E-state index in [2.05, 4.69) is 5.32 Å². The van der Waals surface area contributed by atoms with E-state index in [-0.39, 0.29) is 23.4 Å². The molecule has 0 saturated heterocycles. The molecule has 0 aromatic heterocycles. The Morgan fingerprint density at radius 3 is 2.62 bits per heavy atom. The average Bonchev–Trinajstić information content (AvgIpc) is 2.46. The lowest BCUT2D eigenvalue weighted by atomic mass is 9.74. The van der Waals surface area contributed by atoms with Crippen LogP contribution in [0.25, 0.3) is 0 Å². The SMILES string of the molecule is COc1ccc(C(C)NC(=O)C2CCCCC2(C)N)cc1. The number of carbonyl (C=O) groups is 1. The van der Waals surface area contributed by atoms with Crippen molar-refractivity contribution < 1.29 is 9.53 Å². The lowest BCUT2D eigenvalue weighted by Crippen LogP contribution is -2.53. The summed E-state index contributed by atoms with van der Waals surface area (Å²) in [6.45, 7) is 3.99. The van der Waals surface area contributed by atoms with Gasteiger partial charge in [0, 0.05) is 5.54 Å². The Morgan fingerprint density at radius 2 is 2.05 bits per heavy atom. The number of hydrogen-bond acceptors (Lipinski definition) is 3. The number of benzene rings is 1. The van der Waals surface area contributed by atoms with Gasteiger partial charge >= 0.3 is 0 Å². The fraction of sp³-hybridized carbons (Fsp3) is 0.588. The van der Waals surface area contributed by atoms with Gasteiger partial charge in [-0.05, 0) is 44.4 Å². The summed E-state index contributed by atoms with van der Waals surface area (Å²) in [6, 6.07) is 7.75. The molecule has 1 aromatic carbocycles. The molecule has 2 rings (SSSR count). The van der Waals surface area contributed by atoms with Crippen LogP contribution in [-0.4, -0.2) is 18.6 Å². The van der Waals surface area contributed by atoms with Crippen LogP contribution in [0.15, 0.2) is 24.3 Å². The normalized spacial score (nSPS) is 27.0. The lowest BCUT2D eigenvalue weighted by Gasteiger charge is -2.37. The summed E-state index contributed by atoms with van der Waals surface area (Å²) in [5, 5.41) is 3.10. The van der Waals surface area contributed by atoms with Crippen molar-refractivity contribution in [3.63, 3.8) is 0 Å². The zero-order valence-electron chi connectivity index (χ0n) is 13.2. The van der Waals surface area contributed by atoms with Crippen LogP contribution in [0.5, 0.6) is 5.75 Å². The van der Waals surface area contributed by atoms with Crippen molar-refractivity contribution in [2.75, 3.05) is 7.11 Å². The highest BCUT2D eigenvalue weighted by molar-refractivity contribution is 5.80. The largest absolute Gasteiger partial charge is 0.497 e. The van der Waals surface area contributed by atoms with Crippen LogP contribution in [0.4, 0.5) is 0 Å². The van der Waals surface area contributed by atoms with Gasteiger partial charge in [0.15, 0.2) is 0 Å². The summed E-state index contributed by atoms with van der Waals surface area (Å²) in [7, 11) is 1.64. The highest BCUT2D eigenvalue weighted by Gasteiger charge is 2.38. The predicted octanol–water partition coefficient (Wildman–Crippen LogP) is 2.78. The molecular weight excluding hydrogens is 264 g/mol. The van der Waals surface area contributed by atoms with Crippen LogP contribution in [-0.2, 0) is 4.79 Å². The summed E-state index contributed by atoms with van der Waals surface area (Å²) in [6.07, 6.45) is 4.00. The molecule has 1 saturated carbocycles. The zero-order valence-corrected chi connectivity index (χ0v) is 13.2. The molecule has 21 heavy (non-hydrogen) atoms. The van der Waals surface area contributed by atoms with Crippen molar-refractivity contribution in [3.05, 3.63) is 29.8 Å². The van der Waals surface area contributed by atoms with E-state index in [4.69, 9.17) is 10.5 Å². The molecule has 3 unspecified atom stereocenters. The number of nitrogens with two attached hydrogens (primary N) is 1. The zero-order chi connectivity index (χ0) is 15.5. The third kappa shape index (κ3) is 3.76. The van der Waals surface area contributed by atoms with E-state index in [1.54, 1.807) is 7.11 Å². The second-order valence-electron chi connectivity index (χ2n) is 6.31. The molecule has 1 fully saturated rings. The van der Waals surface area contributed by atoms with Gasteiger partial charge in [0.05, 0.1) is 19.1 Å². The van der Waals surface area contributed by atoms with Gasteiger partial charge in [-0.1, -0.05) is 25.0 Å². The molecule has 4 heteroatoms. The van der Waals surface area contributed by atoms with Gasteiger partial charge in [-0.2, -0.15) is 0 Å². The molecule has 4 nitrogen and oxygen atoms in total. The molecule has 0 bridgehead atoms. The number of ether oxygens (including phenoxy) is 1. The van der Waals surface area contributed by atoms with Crippen LogP contribution >= 0.6 is 0 Å². The Hall–Kier alpha value is -1.55. The summed E-state index contributed by atoms with van der Waals surface area (Å²) in [5.41, 5.74) is 6.98. The van der Waals surface area contributed by atoms with Gasteiger partial charge in [0.1, 0.15) is 5.75 Å². The van der Waals surface area contributed by atoms with Crippen molar-refractivity contribution in [1.29, 1.82) is 0 Å². The van der Waals surface area contributed by atoms with E-state index < -0.39 is 0 Å². The van der Waals surface area contributed by atoms with E-state index in [1.807, 2.05) is 38.1 Å². The topological polar surface area (TPSA) is 64.3 Å². The first-order valence-electron chi connectivity index (χ1n) is 7.67. The minimum absolute atomic E-state index is 0.0267. The van der Waals surface area contributed by atoms with Crippen LogP contribution in [0.3, 0.4) is 0 Å². The van der Waals surface area contributed by atoms with Gasteiger partial charge in [0.25, 0.3) is 0 Å². The predicted molar refractivity (Wildman–Crippen MR) is 84.1 cm³/mol. The molecule has 116 valence electrons. The second kappa shape index (κ2) is 6.48. The molecule has 0 spiro atoms. The highest BCUT2D eigenvalue weighted by atomic mass is 16.5. The third-order valence-electron chi connectivity index (χ3n) is 4.55. The smallest absolute Gasteiger partial charge is 0.225 e. The number of nitrogens with one attached hydrogen (secondary N) is 1. The molecule has 0 aliphatic heterocycles. The molecule has 3 N–H and O–H groups in total. The van der Waals surface area contributed by atoms with E-state index in [9.17, 15) is 4.79 Å². The Morgan fingerprint density at radius 1 is 1.38 bits per heavy atom. The van der Waals surface area contributed by atoms with Gasteiger partial charge in [-0.3, -0.25) is 4.79 Å². The fourth-order valence-electron chi connectivity index (χ4n) is 3.08. The summed E-state index contributed by atoms with van der Waals surface area (Å²) < 4.78 is 5.15. The standard InChI is InChI=1S/C17H26N2O2/c1-12(13-7-9-14(21-3)10-8-13)19-16(20)15-6-4-5-11-17(15,2)18/h7-10,12,15H,4-6,11,18H2,1-3H3,(H,19,20). The number of methoxy groups -OCH3 is 1. The number of rotatable bonds is 4. The molecule has 1 aliphatic carbocycles. The summed E-state index contributed by atoms with van der Waals surface area (Å²) in [4.78, 5) is 12.5. The molecule has 0 radical (unpaired) electrons. The molecule has 1 aromatic rings. The second-order valence-corrected chi connectivity index (χ2v) is 6.31. The maximum atomic E-state index is 12.5. The minimum atomic E-state index is -0.387. The molecule has 1 aliphatic rings. The van der Waals surface area contributed by atoms with Gasteiger partial charge in [-0.25, -0.2) is 0 Å². The summed E-state index contributed by atoms with van der Waals surface area (Å²) >= 11 is 0. The van der Waals surface area contributed by atoms with Crippen molar-refractivity contribution >= 4 is 5.91 Å². The van der Waals surface area contributed by atoms with E-state index >= 15 is 0 Å². The van der Waals surface area contributed by atoms with Gasteiger partial charge in [-0.15, -0.1) is 0 Å².